The minimum atomic E-state index is -0.296. The van der Waals surface area contributed by atoms with Gasteiger partial charge in [-0.05, 0) is 6.92 Å². The molecule has 3 heterocycles. The predicted molar refractivity (Wildman–Crippen MR) is 96.9 cm³/mol. The number of rotatable bonds is 5. The van der Waals surface area contributed by atoms with Crippen molar-refractivity contribution < 1.29 is 4.74 Å². The fraction of sp³-hybridized carbons (Fsp3) is 0.529. The van der Waals surface area contributed by atoms with Crippen LogP contribution in [0.15, 0.2) is 4.79 Å². The molecule has 2 aromatic heterocycles. The van der Waals surface area contributed by atoms with E-state index >= 15 is 0 Å². The van der Waals surface area contributed by atoms with Crippen LogP contribution in [-0.4, -0.2) is 59.0 Å². The van der Waals surface area contributed by atoms with Crippen molar-refractivity contribution in [3.05, 3.63) is 16.2 Å². The van der Waals surface area contributed by atoms with Gasteiger partial charge in [-0.3, -0.25) is 13.9 Å². The van der Waals surface area contributed by atoms with Gasteiger partial charge in [-0.1, -0.05) is 5.92 Å². The molecule has 0 amide bonds. The Morgan fingerprint density at radius 1 is 1.27 bits per heavy atom. The molecule has 1 fully saturated rings. The lowest BCUT2D eigenvalue weighted by Gasteiger charge is -2.28. The molecule has 0 atom stereocenters. The van der Waals surface area contributed by atoms with Crippen molar-refractivity contribution in [1.82, 2.24) is 24.4 Å². The van der Waals surface area contributed by atoms with Gasteiger partial charge in [0.2, 0.25) is 11.8 Å². The average molecular weight is 355 g/mol. The fourth-order valence-corrected chi connectivity index (χ4v) is 2.99. The number of hydrogen-bond donors (Lipinski definition) is 1. The number of anilines is 1. The number of hydrogen-bond acceptors (Lipinski definition) is 7. The summed E-state index contributed by atoms with van der Waals surface area (Å²) in [7, 11) is 1.55. The number of nitrogens with zero attached hydrogens (tertiary/aromatic N) is 6. The van der Waals surface area contributed by atoms with Crippen molar-refractivity contribution in [1.29, 1.82) is 5.26 Å². The molecular formula is C17H21N7O2. The van der Waals surface area contributed by atoms with Crippen LogP contribution in [0.5, 0.6) is 0 Å². The minimum absolute atomic E-state index is 0.0395. The van der Waals surface area contributed by atoms with Gasteiger partial charge in [-0.15, -0.1) is 5.92 Å². The standard InChI is InChI=1S/C17H21N7O2/c1-3-4-7-24-14-15(21-17(24)22-8-5-19-6-9-22)20-13(12-18)23(16(14)25)10-11-26-2/h19H,5-11H2,1-2H3. The number of fused-ring (bicyclic) bond motifs is 1. The van der Waals surface area contributed by atoms with E-state index in [9.17, 15) is 10.1 Å². The number of imidazole rings is 1. The molecule has 9 heteroatoms. The van der Waals surface area contributed by atoms with Crippen molar-refractivity contribution in [3.8, 4) is 17.9 Å². The lowest BCUT2D eigenvalue weighted by atomic mass is 10.4. The zero-order chi connectivity index (χ0) is 18.5. The van der Waals surface area contributed by atoms with E-state index in [1.807, 2.05) is 6.07 Å². The highest BCUT2D eigenvalue weighted by atomic mass is 16.5. The van der Waals surface area contributed by atoms with E-state index in [1.54, 1.807) is 18.6 Å². The van der Waals surface area contributed by atoms with Crippen LogP contribution >= 0.6 is 0 Å². The first kappa shape index (κ1) is 17.9. The fourth-order valence-electron chi connectivity index (χ4n) is 2.99. The van der Waals surface area contributed by atoms with Gasteiger partial charge in [0.25, 0.3) is 5.56 Å². The Balaban J connectivity index is 2.22. The molecule has 26 heavy (non-hydrogen) atoms. The Hall–Kier alpha value is -2.88. The molecule has 3 rings (SSSR count). The van der Waals surface area contributed by atoms with Crippen LogP contribution in [0.1, 0.15) is 12.7 Å². The van der Waals surface area contributed by atoms with Crippen LogP contribution in [0, 0.1) is 23.2 Å². The van der Waals surface area contributed by atoms with Gasteiger partial charge < -0.3 is 15.0 Å². The van der Waals surface area contributed by atoms with E-state index in [1.165, 1.54) is 4.57 Å². The van der Waals surface area contributed by atoms with Gasteiger partial charge in [0, 0.05) is 33.3 Å². The summed E-state index contributed by atoms with van der Waals surface area (Å²) in [4.78, 5) is 24.1. The van der Waals surface area contributed by atoms with E-state index < -0.39 is 0 Å². The molecule has 2 aromatic rings. The number of aromatic nitrogens is 4. The maximum absolute atomic E-state index is 13.1. The highest BCUT2D eigenvalue weighted by Crippen LogP contribution is 2.20. The first-order valence-corrected chi connectivity index (χ1v) is 8.46. The van der Waals surface area contributed by atoms with Crippen LogP contribution in [0.25, 0.3) is 11.2 Å². The SMILES string of the molecule is CC#CCn1c(N2CCNCC2)nc2nc(C#N)n(CCOC)c(=O)c21. The summed E-state index contributed by atoms with van der Waals surface area (Å²) in [6.07, 6.45) is 0. The highest BCUT2D eigenvalue weighted by Gasteiger charge is 2.23. The largest absolute Gasteiger partial charge is 0.383 e. The summed E-state index contributed by atoms with van der Waals surface area (Å²) in [5.41, 5.74) is 0.360. The molecule has 0 aliphatic carbocycles. The Morgan fingerprint density at radius 3 is 2.69 bits per heavy atom. The molecule has 1 aliphatic heterocycles. The number of methoxy groups -OCH3 is 1. The van der Waals surface area contributed by atoms with Gasteiger partial charge >= 0.3 is 0 Å². The minimum Gasteiger partial charge on any atom is -0.383 e. The van der Waals surface area contributed by atoms with Crippen LogP contribution < -0.4 is 15.8 Å². The molecule has 0 bridgehead atoms. The Morgan fingerprint density at radius 2 is 2.04 bits per heavy atom. The van der Waals surface area contributed by atoms with E-state index in [0.29, 0.717) is 24.6 Å². The van der Waals surface area contributed by atoms with E-state index in [-0.39, 0.29) is 23.6 Å². The van der Waals surface area contributed by atoms with E-state index in [2.05, 4.69) is 32.0 Å². The third-order valence-corrected chi connectivity index (χ3v) is 4.28. The van der Waals surface area contributed by atoms with Crippen molar-refractivity contribution in [2.75, 3.05) is 44.8 Å². The Labute approximate surface area is 151 Å². The monoisotopic (exact) mass is 355 g/mol. The first-order valence-electron chi connectivity index (χ1n) is 8.46. The summed E-state index contributed by atoms with van der Waals surface area (Å²) in [6, 6.07) is 1.98. The van der Waals surface area contributed by atoms with Crippen molar-refractivity contribution in [3.63, 3.8) is 0 Å². The van der Waals surface area contributed by atoms with Crippen molar-refractivity contribution in [2.45, 2.75) is 20.0 Å². The Kier molecular flexibility index (Phi) is 5.52. The van der Waals surface area contributed by atoms with Crippen LogP contribution in [0.2, 0.25) is 0 Å². The van der Waals surface area contributed by atoms with Crippen molar-refractivity contribution in [2.24, 2.45) is 0 Å². The molecule has 0 spiro atoms. The third-order valence-electron chi connectivity index (χ3n) is 4.28. The summed E-state index contributed by atoms with van der Waals surface area (Å²) in [6.45, 7) is 5.93. The summed E-state index contributed by atoms with van der Waals surface area (Å²) in [5, 5.41) is 12.7. The quantitative estimate of drug-likeness (QED) is 0.725. The van der Waals surface area contributed by atoms with Crippen molar-refractivity contribution >= 4 is 17.1 Å². The van der Waals surface area contributed by atoms with Crippen LogP contribution in [0.3, 0.4) is 0 Å². The van der Waals surface area contributed by atoms with Gasteiger partial charge in [0.15, 0.2) is 11.2 Å². The maximum atomic E-state index is 13.1. The predicted octanol–water partition coefficient (Wildman–Crippen LogP) is -0.456. The van der Waals surface area contributed by atoms with Gasteiger partial charge in [0.1, 0.15) is 6.07 Å². The molecule has 0 unspecified atom stereocenters. The zero-order valence-corrected chi connectivity index (χ0v) is 14.9. The number of nitriles is 1. The lowest BCUT2D eigenvalue weighted by molar-refractivity contribution is 0.185. The zero-order valence-electron chi connectivity index (χ0n) is 14.9. The van der Waals surface area contributed by atoms with Crippen LogP contribution in [-0.2, 0) is 17.8 Å². The smallest absolute Gasteiger partial charge is 0.280 e. The van der Waals surface area contributed by atoms with Gasteiger partial charge in [-0.2, -0.15) is 15.2 Å². The highest BCUT2D eigenvalue weighted by molar-refractivity contribution is 5.74. The molecular weight excluding hydrogens is 334 g/mol. The second-order valence-corrected chi connectivity index (χ2v) is 5.83. The summed E-state index contributed by atoms with van der Waals surface area (Å²) in [5.74, 6) is 6.57. The molecule has 1 N–H and O–H groups in total. The topological polar surface area (TPSA) is 101 Å². The lowest BCUT2D eigenvalue weighted by Crippen LogP contribution is -2.44. The number of piperazine rings is 1. The molecule has 0 aromatic carbocycles. The first-order chi connectivity index (χ1) is 12.7. The maximum Gasteiger partial charge on any atom is 0.280 e. The number of nitrogens with one attached hydrogen (secondary N) is 1. The second kappa shape index (κ2) is 8.00. The third kappa shape index (κ3) is 3.27. The molecule has 1 aliphatic rings. The Bertz CT molecular complexity index is 952. The average Bonchev–Trinajstić information content (AvgIpc) is 3.04. The number of ether oxygens (including phenoxy) is 1. The van der Waals surface area contributed by atoms with Gasteiger partial charge in [0.05, 0.1) is 19.7 Å². The summed E-state index contributed by atoms with van der Waals surface area (Å²) >= 11 is 0. The second-order valence-electron chi connectivity index (χ2n) is 5.83. The summed E-state index contributed by atoms with van der Waals surface area (Å²) < 4.78 is 8.19. The normalized spacial score (nSPS) is 14.1. The molecule has 0 radical (unpaired) electrons. The van der Waals surface area contributed by atoms with Gasteiger partial charge in [-0.25, -0.2) is 0 Å². The van der Waals surface area contributed by atoms with E-state index in [4.69, 9.17) is 4.74 Å². The molecule has 1 saturated heterocycles. The molecule has 136 valence electrons. The molecule has 0 saturated carbocycles. The molecule has 9 nitrogen and oxygen atoms in total. The van der Waals surface area contributed by atoms with Crippen LogP contribution in [0.4, 0.5) is 5.95 Å². The van der Waals surface area contributed by atoms with E-state index in [0.717, 1.165) is 26.2 Å².